The second-order valence-corrected chi connectivity index (χ2v) is 7.05. The van der Waals surface area contributed by atoms with Crippen molar-refractivity contribution < 1.29 is 14.6 Å². The van der Waals surface area contributed by atoms with Crippen LogP contribution in [0.2, 0.25) is 0 Å². The summed E-state index contributed by atoms with van der Waals surface area (Å²) in [6, 6.07) is 7.59. The third kappa shape index (κ3) is 5.13. The molecule has 2 amide bonds. The number of hydrogen-bond donors (Lipinski definition) is 2. The minimum atomic E-state index is -0.275. The van der Waals surface area contributed by atoms with Crippen molar-refractivity contribution in [2.75, 3.05) is 13.6 Å². The summed E-state index contributed by atoms with van der Waals surface area (Å²) in [6.45, 7) is 6.54. The van der Waals surface area contributed by atoms with Crippen LogP contribution < -0.4 is 10.1 Å². The van der Waals surface area contributed by atoms with Crippen LogP contribution in [0.3, 0.4) is 0 Å². The number of rotatable bonds is 6. The number of ether oxygens (including phenoxy) is 1. The Morgan fingerprint density at radius 2 is 2.12 bits per heavy atom. The SMILES string of the molecule is CC(C)Oc1cccc(C(C)NC(=O)N(C)CC2CCCC2O)c1. The minimum absolute atomic E-state index is 0.107. The average Bonchev–Trinajstić information content (AvgIpc) is 2.92. The molecule has 1 aromatic rings. The van der Waals surface area contributed by atoms with E-state index in [-0.39, 0.29) is 30.2 Å². The Morgan fingerprint density at radius 1 is 1.38 bits per heavy atom. The Morgan fingerprint density at radius 3 is 2.75 bits per heavy atom. The van der Waals surface area contributed by atoms with Gasteiger partial charge in [0.2, 0.25) is 0 Å². The van der Waals surface area contributed by atoms with Gasteiger partial charge in [0.05, 0.1) is 18.2 Å². The topological polar surface area (TPSA) is 61.8 Å². The summed E-state index contributed by atoms with van der Waals surface area (Å²) >= 11 is 0. The number of benzene rings is 1. The standard InChI is InChI=1S/C19H30N2O3/c1-13(2)24-17-9-5-7-15(11-17)14(3)20-19(23)21(4)12-16-8-6-10-18(16)22/h5,7,9,11,13-14,16,18,22H,6,8,10,12H2,1-4H3,(H,20,23). The highest BCUT2D eigenvalue weighted by molar-refractivity contribution is 5.74. The van der Waals surface area contributed by atoms with E-state index in [0.29, 0.717) is 6.54 Å². The number of amides is 2. The summed E-state index contributed by atoms with van der Waals surface area (Å²) in [5, 5.41) is 12.9. The molecule has 0 radical (unpaired) electrons. The molecule has 1 aromatic carbocycles. The highest BCUT2D eigenvalue weighted by atomic mass is 16.5. The van der Waals surface area contributed by atoms with E-state index in [1.54, 1.807) is 11.9 Å². The van der Waals surface area contributed by atoms with Crippen molar-refractivity contribution in [3.05, 3.63) is 29.8 Å². The molecular formula is C19H30N2O3. The maximum absolute atomic E-state index is 12.4. The summed E-state index contributed by atoms with van der Waals surface area (Å²) in [4.78, 5) is 14.1. The average molecular weight is 334 g/mol. The van der Waals surface area contributed by atoms with E-state index < -0.39 is 0 Å². The Labute approximate surface area is 145 Å². The second-order valence-electron chi connectivity index (χ2n) is 7.05. The third-order valence-corrected chi connectivity index (χ3v) is 4.54. The zero-order valence-electron chi connectivity index (χ0n) is 15.2. The first-order chi connectivity index (χ1) is 11.4. The van der Waals surface area contributed by atoms with Gasteiger partial charge in [-0.15, -0.1) is 0 Å². The number of aliphatic hydroxyl groups excluding tert-OH is 1. The van der Waals surface area contributed by atoms with Gasteiger partial charge in [0.25, 0.3) is 0 Å². The number of hydrogen-bond acceptors (Lipinski definition) is 3. The van der Waals surface area contributed by atoms with Gasteiger partial charge >= 0.3 is 6.03 Å². The van der Waals surface area contributed by atoms with Crippen LogP contribution in [0.5, 0.6) is 5.75 Å². The molecule has 0 aromatic heterocycles. The van der Waals surface area contributed by atoms with E-state index >= 15 is 0 Å². The van der Waals surface area contributed by atoms with E-state index in [0.717, 1.165) is 30.6 Å². The zero-order valence-corrected chi connectivity index (χ0v) is 15.2. The highest BCUT2D eigenvalue weighted by Crippen LogP contribution is 2.26. The van der Waals surface area contributed by atoms with Crippen molar-refractivity contribution >= 4 is 6.03 Å². The Hall–Kier alpha value is -1.75. The van der Waals surface area contributed by atoms with Gasteiger partial charge in [-0.2, -0.15) is 0 Å². The van der Waals surface area contributed by atoms with Crippen molar-refractivity contribution in [2.24, 2.45) is 5.92 Å². The van der Waals surface area contributed by atoms with Crippen molar-refractivity contribution in [1.82, 2.24) is 10.2 Å². The van der Waals surface area contributed by atoms with Crippen molar-refractivity contribution in [1.29, 1.82) is 0 Å². The molecule has 1 aliphatic rings. The summed E-state index contributed by atoms with van der Waals surface area (Å²) in [7, 11) is 1.78. The zero-order chi connectivity index (χ0) is 17.7. The lowest BCUT2D eigenvalue weighted by Gasteiger charge is -2.25. The first-order valence-corrected chi connectivity index (χ1v) is 8.83. The third-order valence-electron chi connectivity index (χ3n) is 4.54. The van der Waals surface area contributed by atoms with Crippen molar-refractivity contribution in [3.8, 4) is 5.75 Å². The highest BCUT2D eigenvalue weighted by Gasteiger charge is 2.27. The lowest BCUT2D eigenvalue weighted by Crippen LogP contribution is -2.42. The number of carbonyl (C=O) groups excluding carboxylic acids is 1. The fraction of sp³-hybridized carbons (Fsp3) is 0.632. The predicted molar refractivity (Wildman–Crippen MR) is 95.1 cm³/mol. The molecule has 0 aliphatic heterocycles. The Balaban J connectivity index is 1.90. The summed E-state index contributed by atoms with van der Waals surface area (Å²) in [5.41, 5.74) is 1.01. The first-order valence-electron chi connectivity index (χ1n) is 8.83. The number of nitrogens with one attached hydrogen (secondary N) is 1. The maximum atomic E-state index is 12.4. The summed E-state index contributed by atoms with van der Waals surface area (Å²) in [5.74, 6) is 1.00. The van der Waals surface area contributed by atoms with E-state index in [9.17, 15) is 9.90 Å². The number of carbonyl (C=O) groups is 1. The normalized spacial score (nSPS) is 21.6. The maximum Gasteiger partial charge on any atom is 0.317 e. The van der Waals surface area contributed by atoms with Crippen LogP contribution in [0, 0.1) is 5.92 Å². The van der Waals surface area contributed by atoms with Crippen molar-refractivity contribution in [2.45, 2.75) is 58.3 Å². The van der Waals surface area contributed by atoms with Crippen LogP contribution in [0.4, 0.5) is 4.79 Å². The molecule has 0 bridgehead atoms. The lowest BCUT2D eigenvalue weighted by molar-refractivity contribution is 0.113. The van der Waals surface area contributed by atoms with Crippen LogP contribution >= 0.6 is 0 Å². The van der Waals surface area contributed by atoms with Crippen LogP contribution in [-0.4, -0.2) is 41.8 Å². The van der Waals surface area contributed by atoms with E-state index in [1.807, 2.05) is 45.0 Å². The minimum Gasteiger partial charge on any atom is -0.491 e. The molecule has 1 saturated carbocycles. The van der Waals surface area contributed by atoms with Gasteiger partial charge in [0.15, 0.2) is 0 Å². The number of aliphatic hydroxyl groups is 1. The van der Waals surface area contributed by atoms with Gasteiger partial charge in [-0.05, 0) is 51.3 Å². The second kappa shape index (κ2) is 8.38. The fourth-order valence-electron chi connectivity index (χ4n) is 3.17. The molecule has 0 spiro atoms. The number of nitrogens with zero attached hydrogens (tertiary/aromatic N) is 1. The van der Waals surface area contributed by atoms with Crippen molar-refractivity contribution in [3.63, 3.8) is 0 Å². The van der Waals surface area contributed by atoms with Crippen LogP contribution in [0.25, 0.3) is 0 Å². The van der Waals surface area contributed by atoms with Gasteiger partial charge in [0, 0.05) is 19.5 Å². The van der Waals surface area contributed by atoms with Crippen LogP contribution in [0.1, 0.15) is 51.6 Å². The van der Waals surface area contributed by atoms with Gasteiger partial charge < -0.3 is 20.1 Å². The van der Waals surface area contributed by atoms with Crippen LogP contribution in [-0.2, 0) is 0 Å². The quantitative estimate of drug-likeness (QED) is 0.839. The number of urea groups is 1. The Kier molecular flexibility index (Phi) is 6.49. The molecule has 3 unspecified atom stereocenters. The van der Waals surface area contributed by atoms with Crippen LogP contribution in [0.15, 0.2) is 24.3 Å². The fourth-order valence-corrected chi connectivity index (χ4v) is 3.17. The van der Waals surface area contributed by atoms with Gasteiger partial charge in [0.1, 0.15) is 5.75 Å². The molecule has 24 heavy (non-hydrogen) atoms. The molecule has 1 fully saturated rings. The molecular weight excluding hydrogens is 304 g/mol. The van der Waals surface area contributed by atoms with E-state index in [1.165, 1.54) is 0 Å². The molecule has 134 valence electrons. The molecule has 2 N–H and O–H groups in total. The first kappa shape index (κ1) is 18.6. The van der Waals surface area contributed by atoms with Gasteiger partial charge in [-0.1, -0.05) is 18.6 Å². The largest absolute Gasteiger partial charge is 0.491 e. The molecule has 3 atom stereocenters. The molecule has 0 heterocycles. The van der Waals surface area contributed by atoms with Gasteiger partial charge in [-0.25, -0.2) is 4.79 Å². The summed E-state index contributed by atoms with van der Waals surface area (Å²) in [6.07, 6.45) is 2.72. The van der Waals surface area contributed by atoms with E-state index in [2.05, 4.69) is 5.32 Å². The monoisotopic (exact) mass is 334 g/mol. The van der Waals surface area contributed by atoms with E-state index in [4.69, 9.17) is 4.74 Å². The summed E-state index contributed by atoms with van der Waals surface area (Å²) < 4.78 is 5.71. The van der Waals surface area contributed by atoms with Gasteiger partial charge in [-0.3, -0.25) is 0 Å². The predicted octanol–water partition coefficient (Wildman–Crippen LogP) is 3.34. The molecule has 1 aliphatic carbocycles. The Bertz CT molecular complexity index is 547. The lowest BCUT2D eigenvalue weighted by atomic mass is 10.1. The molecule has 0 saturated heterocycles. The molecule has 5 nitrogen and oxygen atoms in total. The smallest absolute Gasteiger partial charge is 0.317 e. The molecule has 2 rings (SSSR count). The molecule has 5 heteroatoms.